The van der Waals surface area contributed by atoms with Gasteiger partial charge in [-0.05, 0) is 35.7 Å². The molecule has 96 valence electrons. The Morgan fingerprint density at radius 1 is 1.32 bits per heavy atom. The Morgan fingerprint density at radius 2 is 2.00 bits per heavy atom. The second kappa shape index (κ2) is 5.55. The van der Waals surface area contributed by atoms with E-state index >= 15 is 0 Å². The standard InChI is InChI=1S/C14H12N2O2S/c1-16(11-5-3-10(9-15)4-6-11)14(17)13-12(18-2)7-8-19-13/h3-8H,1-2H3. The topological polar surface area (TPSA) is 53.3 Å². The third kappa shape index (κ3) is 2.59. The van der Waals surface area contributed by atoms with Crippen LogP contribution in [0.2, 0.25) is 0 Å². The molecule has 19 heavy (non-hydrogen) atoms. The van der Waals surface area contributed by atoms with Crippen molar-refractivity contribution in [1.29, 1.82) is 5.26 Å². The van der Waals surface area contributed by atoms with Crippen LogP contribution in [0.5, 0.6) is 5.75 Å². The minimum absolute atomic E-state index is 0.128. The van der Waals surface area contributed by atoms with Gasteiger partial charge in [0.25, 0.3) is 5.91 Å². The largest absolute Gasteiger partial charge is 0.495 e. The number of carbonyl (C=O) groups excluding carboxylic acids is 1. The Hall–Kier alpha value is -2.32. The lowest BCUT2D eigenvalue weighted by atomic mass is 10.2. The van der Waals surface area contributed by atoms with Gasteiger partial charge in [0.1, 0.15) is 10.6 Å². The molecular weight excluding hydrogens is 260 g/mol. The fourth-order valence-electron chi connectivity index (χ4n) is 1.64. The molecule has 1 amide bonds. The number of hydrogen-bond acceptors (Lipinski definition) is 4. The van der Waals surface area contributed by atoms with E-state index in [2.05, 4.69) is 0 Å². The molecule has 0 radical (unpaired) electrons. The van der Waals surface area contributed by atoms with E-state index in [1.54, 1.807) is 44.5 Å². The number of carbonyl (C=O) groups is 1. The summed E-state index contributed by atoms with van der Waals surface area (Å²) < 4.78 is 5.15. The van der Waals surface area contributed by atoms with Gasteiger partial charge in [-0.25, -0.2) is 0 Å². The smallest absolute Gasteiger partial charge is 0.271 e. The van der Waals surface area contributed by atoms with Crippen molar-refractivity contribution < 1.29 is 9.53 Å². The van der Waals surface area contributed by atoms with Gasteiger partial charge in [0, 0.05) is 12.7 Å². The highest BCUT2D eigenvalue weighted by Gasteiger charge is 2.19. The van der Waals surface area contributed by atoms with Crippen LogP contribution in [0, 0.1) is 11.3 Å². The van der Waals surface area contributed by atoms with Gasteiger partial charge >= 0.3 is 0 Å². The summed E-state index contributed by atoms with van der Waals surface area (Å²) in [6.45, 7) is 0. The van der Waals surface area contributed by atoms with Crippen molar-refractivity contribution in [3.8, 4) is 11.8 Å². The lowest BCUT2D eigenvalue weighted by molar-refractivity contribution is 0.0994. The first-order valence-corrected chi connectivity index (χ1v) is 6.45. The van der Waals surface area contributed by atoms with E-state index in [0.717, 1.165) is 5.69 Å². The van der Waals surface area contributed by atoms with Crippen molar-refractivity contribution in [3.63, 3.8) is 0 Å². The maximum absolute atomic E-state index is 12.3. The van der Waals surface area contributed by atoms with Crippen LogP contribution >= 0.6 is 11.3 Å². The van der Waals surface area contributed by atoms with Crippen LogP contribution in [0.1, 0.15) is 15.2 Å². The van der Waals surface area contributed by atoms with E-state index in [9.17, 15) is 4.79 Å². The number of nitrogens with zero attached hydrogens (tertiary/aromatic N) is 2. The Labute approximate surface area is 115 Å². The predicted octanol–water partition coefficient (Wildman–Crippen LogP) is 2.90. The predicted molar refractivity (Wildman–Crippen MR) is 74.8 cm³/mol. The van der Waals surface area contributed by atoms with Gasteiger partial charge in [-0.1, -0.05) is 0 Å². The minimum atomic E-state index is -0.128. The second-order valence-electron chi connectivity index (χ2n) is 3.84. The van der Waals surface area contributed by atoms with E-state index in [4.69, 9.17) is 10.00 Å². The molecule has 0 bridgehead atoms. The van der Waals surface area contributed by atoms with Crippen molar-refractivity contribution in [1.82, 2.24) is 0 Å². The number of thiophene rings is 1. The van der Waals surface area contributed by atoms with Gasteiger partial charge in [0.05, 0.1) is 18.7 Å². The average Bonchev–Trinajstić information content (AvgIpc) is 2.94. The zero-order chi connectivity index (χ0) is 13.8. The average molecular weight is 272 g/mol. The summed E-state index contributed by atoms with van der Waals surface area (Å²) in [5.41, 5.74) is 1.30. The summed E-state index contributed by atoms with van der Waals surface area (Å²) in [6.07, 6.45) is 0. The molecule has 1 heterocycles. The molecule has 0 aliphatic rings. The van der Waals surface area contributed by atoms with Gasteiger partial charge in [-0.3, -0.25) is 4.79 Å². The molecule has 0 unspecified atom stereocenters. The van der Waals surface area contributed by atoms with Crippen LogP contribution in [0.15, 0.2) is 35.7 Å². The molecule has 0 saturated heterocycles. The summed E-state index contributed by atoms with van der Waals surface area (Å²) >= 11 is 1.34. The second-order valence-corrected chi connectivity index (χ2v) is 4.76. The van der Waals surface area contributed by atoms with E-state index in [1.807, 2.05) is 11.4 Å². The highest BCUT2D eigenvalue weighted by Crippen LogP contribution is 2.27. The van der Waals surface area contributed by atoms with Gasteiger partial charge in [0.2, 0.25) is 0 Å². The maximum Gasteiger partial charge on any atom is 0.271 e. The Bertz CT molecular complexity index is 626. The third-order valence-corrected chi connectivity index (χ3v) is 3.62. The monoisotopic (exact) mass is 272 g/mol. The van der Waals surface area contributed by atoms with Gasteiger partial charge in [-0.15, -0.1) is 11.3 Å². The first kappa shape index (κ1) is 13.1. The SMILES string of the molecule is COc1ccsc1C(=O)N(C)c1ccc(C#N)cc1. The van der Waals surface area contributed by atoms with E-state index < -0.39 is 0 Å². The number of anilines is 1. The van der Waals surface area contributed by atoms with Gasteiger partial charge in [-0.2, -0.15) is 5.26 Å². The molecule has 5 heteroatoms. The Morgan fingerprint density at radius 3 is 2.58 bits per heavy atom. The van der Waals surface area contributed by atoms with Crippen LogP contribution in [-0.4, -0.2) is 20.1 Å². The lowest BCUT2D eigenvalue weighted by Crippen LogP contribution is -2.25. The molecule has 0 saturated carbocycles. The number of methoxy groups -OCH3 is 1. The fourth-order valence-corrected chi connectivity index (χ4v) is 2.48. The maximum atomic E-state index is 12.3. The zero-order valence-corrected chi connectivity index (χ0v) is 11.4. The highest BCUT2D eigenvalue weighted by atomic mass is 32.1. The summed E-state index contributed by atoms with van der Waals surface area (Å²) in [6, 6.07) is 10.7. The first-order chi connectivity index (χ1) is 9.17. The fraction of sp³-hybridized carbons (Fsp3) is 0.143. The molecule has 0 fully saturated rings. The number of ether oxygens (including phenoxy) is 1. The van der Waals surface area contributed by atoms with E-state index in [-0.39, 0.29) is 5.91 Å². The third-order valence-electron chi connectivity index (χ3n) is 2.73. The summed E-state index contributed by atoms with van der Waals surface area (Å²) in [5, 5.41) is 10.6. The first-order valence-electron chi connectivity index (χ1n) is 5.57. The molecule has 0 N–H and O–H groups in total. The number of nitriles is 1. The Balaban J connectivity index is 2.26. The van der Waals surface area contributed by atoms with Gasteiger partial charge < -0.3 is 9.64 Å². The van der Waals surface area contributed by atoms with Crippen molar-refractivity contribution >= 4 is 22.9 Å². The van der Waals surface area contributed by atoms with Crippen molar-refractivity contribution in [3.05, 3.63) is 46.2 Å². The molecule has 0 atom stereocenters. The van der Waals surface area contributed by atoms with E-state index in [0.29, 0.717) is 16.2 Å². The summed E-state index contributed by atoms with van der Waals surface area (Å²) in [4.78, 5) is 14.4. The van der Waals surface area contributed by atoms with Crippen molar-refractivity contribution in [2.45, 2.75) is 0 Å². The molecule has 1 aromatic heterocycles. The molecule has 2 aromatic rings. The highest BCUT2D eigenvalue weighted by molar-refractivity contribution is 7.12. The summed E-state index contributed by atoms with van der Waals surface area (Å²) in [7, 11) is 3.24. The van der Waals surface area contributed by atoms with Crippen LogP contribution in [0.4, 0.5) is 5.69 Å². The number of hydrogen-bond donors (Lipinski definition) is 0. The number of benzene rings is 1. The molecule has 4 nitrogen and oxygen atoms in total. The number of amides is 1. The molecule has 0 aliphatic heterocycles. The van der Waals surface area contributed by atoms with Crippen LogP contribution < -0.4 is 9.64 Å². The van der Waals surface area contributed by atoms with Crippen LogP contribution in [0.3, 0.4) is 0 Å². The normalized spacial score (nSPS) is 9.74. The molecule has 0 aliphatic carbocycles. The molecule has 2 rings (SSSR count). The van der Waals surface area contributed by atoms with Crippen LogP contribution in [0.25, 0.3) is 0 Å². The molecular formula is C14H12N2O2S. The molecule has 1 aromatic carbocycles. The van der Waals surface area contributed by atoms with Crippen LogP contribution in [-0.2, 0) is 0 Å². The zero-order valence-electron chi connectivity index (χ0n) is 10.6. The Kier molecular flexibility index (Phi) is 3.83. The van der Waals surface area contributed by atoms with E-state index in [1.165, 1.54) is 16.2 Å². The number of rotatable bonds is 3. The molecule has 0 spiro atoms. The quantitative estimate of drug-likeness (QED) is 0.863. The summed E-state index contributed by atoms with van der Waals surface area (Å²) in [5.74, 6) is 0.451. The lowest BCUT2D eigenvalue weighted by Gasteiger charge is -2.17. The minimum Gasteiger partial charge on any atom is -0.495 e. The van der Waals surface area contributed by atoms with Crippen molar-refractivity contribution in [2.75, 3.05) is 19.1 Å². The van der Waals surface area contributed by atoms with Gasteiger partial charge in [0.15, 0.2) is 0 Å². The van der Waals surface area contributed by atoms with Crippen molar-refractivity contribution in [2.24, 2.45) is 0 Å².